The Bertz CT molecular complexity index is 601. The zero-order valence-corrected chi connectivity index (χ0v) is 14.3. The van der Waals surface area contributed by atoms with E-state index in [-0.39, 0.29) is 0 Å². The molecule has 0 aliphatic carbocycles. The molecule has 0 heterocycles. The Morgan fingerprint density at radius 2 is 1.32 bits per heavy atom. The van der Waals surface area contributed by atoms with E-state index >= 15 is 0 Å². The average Bonchev–Trinajstić information content (AvgIpc) is 2.54. The number of ether oxygens (including phenoxy) is 1. The molecule has 2 atom stereocenters. The van der Waals surface area contributed by atoms with Gasteiger partial charge in [0.1, 0.15) is 5.75 Å². The molecule has 0 spiro atoms. The van der Waals surface area contributed by atoms with E-state index in [0.717, 1.165) is 16.9 Å². The van der Waals surface area contributed by atoms with E-state index in [9.17, 15) is 0 Å². The minimum atomic E-state index is -0.506. The van der Waals surface area contributed by atoms with Crippen LogP contribution >= 0.6 is 0 Å². The smallest absolute Gasteiger partial charge is 0.118 e. The van der Waals surface area contributed by atoms with Gasteiger partial charge < -0.3 is 10.5 Å². The van der Waals surface area contributed by atoms with E-state index < -0.39 is 5.54 Å². The van der Waals surface area contributed by atoms with Crippen LogP contribution in [0.5, 0.6) is 5.75 Å². The molecule has 0 aliphatic heterocycles. The third-order valence-corrected chi connectivity index (χ3v) is 4.82. The quantitative estimate of drug-likeness (QED) is 0.882. The van der Waals surface area contributed by atoms with Crippen LogP contribution in [0.25, 0.3) is 0 Å². The molecule has 2 aromatic carbocycles. The van der Waals surface area contributed by atoms with Gasteiger partial charge in [-0.3, -0.25) is 0 Å². The summed E-state index contributed by atoms with van der Waals surface area (Å²) in [5.74, 6) is 1.64. The molecule has 0 aromatic heterocycles. The number of aryl methyl sites for hydroxylation is 1. The number of hydrogen-bond acceptors (Lipinski definition) is 2. The van der Waals surface area contributed by atoms with Crippen molar-refractivity contribution in [3.05, 3.63) is 65.2 Å². The minimum Gasteiger partial charge on any atom is -0.497 e. The summed E-state index contributed by atoms with van der Waals surface area (Å²) in [7, 11) is 1.68. The molecule has 2 N–H and O–H groups in total. The van der Waals surface area contributed by atoms with Crippen LogP contribution in [0, 0.1) is 18.8 Å². The Morgan fingerprint density at radius 1 is 0.864 bits per heavy atom. The van der Waals surface area contributed by atoms with E-state index in [1.807, 2.05) is 12.1 Å². The Kier molecular flexibility index (Phi) is 4.92. The second kappa shape index (κ2) is 6.53. The van der Waals surface area contributed by atoms with Crippen LogP contribution in [0.15, 0.2) is 48.5 Å². The maximum absolute atomic E-state index is 6.99. The minimum absolute atomic E-state index is 0.309. The van der Waals surface area contributed by atoms with Gasteiger partial charge in [-0.05, 0) is 42.0 Å². The molecule has 0 saturated carbocycles. The van der Waals surface area contributed by atoms with Gasteiger partial charge in [-0.2, -0.15) is 0 Å². The highest BCUT2D eigenvalue weighted by Crippen LogP contribution is 2.38. The van der Waals surface area contributed by atoms with Crippen molar-refractivity contribution in [1.82, 2.24) is 0 Å². The van der Waals surface area contributed by atoms with Crippen molar-refractivity contribution in [1.29, 1.82) is 0 Å². The summed E-state index contributed by atoms with van der Waals surface area (Å²) in [6.07, 6.45) is 0. The SMILES string of the molecule is COc1ccc(C(N)(c2ccc(C)cc2)[C@H](C)C(C)C)cc1. The highest BCUT2D eigenvalue weighted by Gasteiger charge is 2.37. The molecule has 0 bridgehead atoms. The van der Waals surface area contributed by atoms with Gasteiger partial charge in [-0.1, -0.05) is 62.7 Å². The van der Waals surface area contributed by atoms with Gasteiger partial charge in [0.2, 0.25) is 0 Å². The lowest BCUT2D eigenvalue weighted by atomic mass is 9.70. The monoisotopic (exact) mass is 297 g/mol. The summed E-state index contributed by atoms with van der Waals surface area (Å²) < 4.78 is 5.27. The third kappa shape index (κ3) is 3.02. The van der Waals surface area contributed by atoms with Crippen molar-refractivity contribution in [3.63, 3.8) is 0 Å². The summed E-state index contributed by atoms with van der Waals surface area (Å²) in [4.78, 5) is 0. The number of benzene rings is 2. The Morgan fingerprint density at radius 3 is 1.73 bits per heavy atom. The summed E-state index contributed by atoms with van der Waals surface area (Å²) in [6.45, 7) is 8.78. The predicted molar refractivity (Wildman–Crippen MR) is 93.1 cm³/mol. The molecule has 0 fully saturated rings. The first-order valence-electron chi connectivity index (χ1n) is 7.90. The van der Waals surface area contributed by atoms with Crippen molar-refractivity contribution in [2.45, 2.75) is 33.2 Å². The predicted octanol–water partition coefficient (Wildman–Crippen LogP) is 4.50. The first kappa shape index (κ1) is 16.6. The first-order chi connectivity index (χ1) is 10.4. The maximum Gasteiger partial charge on any atom is 0.118 e. The average molecular weight is 297 g/mol. The zero-order valence-electron chi connectivity index (χ0n) is 14.3. The molecular weight excluding hydrogens is 270 g/mol. The summed E-state index contributed by atoms with van der Waals surface area (Å²) in [5.41, 5.74) is 10.0. The van der Waals surface area contributed by atoms with Crippen molar-refractivity contribution in [2.24, 2.45) is 17.6 Å². The fraction of sp³-hybridized carbons (Fsp3) is 0.400. The molecule has 0 radical (unpaired) electrons. The van der Waals surface area contributed by atoms with Crippen LogP contribution in [-0.4, -0.2) is 7.11 Å². The van der Waals surface area contributed by atoms with E-state index in [1.165, 1.54) is 5.56 Å². The van der Waals surface area contributed by atoms with Crippen LogP contribution in [0.1, 0.15) is 37.5 Å². The second-order valence-electron chi connectivity index (χ2n) is 6.50. The maximum atomic E-state index is 6.99. The second-order valence-corrected chi connectivity index (χ2v) is 6.50. The molecule has 2 heteroatoms. The Labute approximate surface area is 134 Å². The standard InChI is InChI=1S/C20H27NO/c1-14(2)16(4)20(21,17-8-6-15(3)7-9-17)18-10-12-19(22-5)13-11-18/h6-14,16H,21H2,1-5H3/t16-,20?/m1/s1. The molecule has 118 valence electrons. The molecule has 2 rings (SSSR count). The van der Waals surface area contributed by atoms with Crippen molar-refractivity contribution in [3.8, 4) is 5.75 Å². The third-order valence-electron chi connectivity index (χ3n) is 4.82. The van der Waals surface area contributed by atoms with Crippen LogP contribution < -0.4 is 10.5 Å². The van der Waals surface area contributed by atoms with Crippen molar-refractivity contribution >= 4 is 0 Å². The molecule has 1 unspecified atom stereocenters. The fourth-order valence-electron chi connectivity index (χ4n) is 2.91. The highest BCUT2D eigenvalue weighted by atomic mass is 16.5. The largest absolute Gasteiger partial charge is 0.497 e. The van der Waals surface area contributed by atoms with Gasteiger partial charge in [0.05, 0.1) is 12.6 Å². The fourth-order valence-corrected chi connectivity index (χ4v) is 2.91. The van der Waals surface area contributed by atoms with Crippen LogP contribution in [0.3, 0.4) is 0 Å². The number of hydrogen-bond donors (Lipinski definition) is 1. The number of methoxy groups -OCH3 is 1. The van der Waals surface area contributed by atoms with Gasteiger partial charge in [-0.25, -0.2) is 0 Å². The molecule has 2 nitrogen and oxygen atoms in total. The Hall–Kier alpha value is -1.80. The van der Waals surface area contributed by atoms with Gasteiger partial charge >= 0.3 is 0 Å². The van der Waals surface area contributed by atoms with E-state index in [0.29, 0.717) is 11.8 Å². The zero-order chi connectivity index (χ0) is 16.3. The molecule has 22 heavy (non-hydrogen) atoms. The first-order valence-corrected chi connectivity index (χ1v) is 7.90. The highest BCUT2D eigenvalue weighted by molar-refractivity contribution is 5.42. The summed E-state index contributed by atoms with van der Waals surface area (Å²) >= 11 is 0. The lowest BCUT2D eigenvalue weighted by molar-refractivity contribution is 0.271. The van der Waals surface area contributed by atoms with Gasteiger partial charge in [0.25, 0.3) is 0 Å². The molecule has 2 aromatic rings. The van der Waals surface area contributed by atoms with Gasteiger partial charge in [0, 0.05) is 0 Å². The van der Waals surface area contributed by atoms with E-state index in [1.54, 1.807) is 7.11 Å². The van der Waals surface area contributed by atoms with Crippen LogP contribution in [0.4, 0.5) is 0 Å². The Balaban J connectivity index is 2.56. The van der Waals surface area contributed by atoms with Gasteiger partial charge in [0.15, 0.2) is 0 Å². The normalized spacial score (nSPS) is 15.4. The van der Waals surface area contributed by atoms with Crippen molar-refractivity contribution < 1.29 is 4.74 Å². The lowest BCUT2D eigenvalue weighted by Crippen LogP contribution is -2.46. The van der Waals surface area contributed by atoms with E-state index in [4.69, 9.17) is 10.5 Å². The lowest BCUT2D eigenvalue weighted by Gasteiger charge is -2.39. The molecule has 0 aliphatic rings. The van der Waals surface area contributed by atoms with Crippen molar-refractivity contribution in [2.75, 3.05) is 7.11 Å². The van der Waals surface area contributed by atoms with Crippen LogP contribution in [-0.2, 0) is 5.54 Å². The molecular formula is C20H27NO. The van der Waals surface area contributed by atoms with Gasteiger partial charge in [-0.15, -0.1) is 0 Å². The topological polar surface area (TPSA) is 35.2 Å². The van der Waals surface area contributed by atoms with Crippen LogP contribution in [0.2, 0.25) is 0 Å². The van der Waals surface area contributed by atoms with E-state index in [2.05, 4.69) is 64.1 Å². The number of rotatable bonds is 5. The number of nitrogens with two attached hydrogens (primary N) is 1. The summed E-state index contributed by atoms with van der Waals surface area (Å²) in [5, 5.41) is 0. The molecule has 0 saturated heterocycles. The summed E-state index contributed by atoms with van der Waals surface area (Å²) in [6, 6.07) is 16.7. The molecule has 0 amide bonds.